The van der Waals surface area contributed by atoms with Gasteiger partial charge in [-0.3, -0.25) is 0 Å². The zero-order valence-electron chi connectivity index (χ0n) is 23.3. The average molecular weight is 589 g/mol. The summed E-state index contributed by atoms with van der Waals surface area (Å²) in [5, 5.41) is 37.0. The molecule has 0 aliphatic heterocycles. The first-order valence-electron chi connectivity index (χ1n) is 13.5. The van der Waals surface area contributed by atoms with Gasteiger partial charge in [-0.15, -0.1) is 0 Å². The minimum Gasteiger partial charge on any atom is -0.508 e. The van der Waals surface area contributed by atoms with Gasteiger partial charge in [-0.2, -0.15) is 0 Å². The number of hydrogen-bond donors (Lipinski definition) is 4. The molecule has 0 spiro atoms. The Kier molecular flexibility index (Phi) is 9.34. The van der Waals surface area contributed by atoms with Crippen LogP contribution in [0.5, 0.6) is 69.0 Å². The largest absolute Gasteiger partial charge is 0.508 e. The van der Waals surface area contributed by atoms with Crippen LogP contribution in [0, 0.1) is 0 Å². The fourth-order valence-electron chi connectivity index (χ4n) is 3.80. The van der Waals surface area contributed by atoms with Crippen molar-refractivity contribution in [3.63, 3.8) is 0 Å². The second-order valence-electron chi connectivity index (χ2n) is 9.33. The maximum atomic E-state index is 9.26. The van der Waals surface area contributed by atoms with E-state index in [2.05, 4.69) is 0 Å². The van der Waals surface area contributed by atoms with Gasteiger partial charge in [-0.05, 0) is 121 Å². The van der Waals surface area contributed by atoms with E-state index in [1.54, 1.807) is 109 Å². The first-order valence-corrected chi connectivity index (χ1v) is 13.5. The summed E-state index contributed by atoms with van der Waals surface area (Å²) in [6.45, 7) is 0. The molecule has 0 atom stereocenters. The fraction of sp³-hybridized carbons (Fsp3) is 0. The fourth-order valence-corrected chi connectivity index (χ4v) is 3.80. The Labute approximate surface area is 253 Å². The summed E-state index contributed by atoms with van der Waals surface area (Å²) in [7, 11) is 0. The van der Waals surface area contributed by atoms with Crippen molar-refractivity contribution in [1.82, 2.24) is 0 Å². The van der Waals surface area contributed by atoms with E-state index < -0.39 is 0 Å². The molecule has 0 saturated carbocycles. The highest BCUT2D eigenvalue weighted by atomic mass is 16.5. The molecule has 4 N–H and O–H groups in total. The lowest BCUT2D eigenvalue weighted by atomic mass is 10.3. The molecule has 0 bridgehead atoms. The van der Waals surface area contributed by atoms with Crippen molar-refractivity contribution < 1.29 is 39.4 Å². The van der Waals surface area contributed by atoms with Gasteiger partial charge in [0.2, 0.25) is 0 Å². The van der Waals surface area contributed by atoms with Crippen LogP contribution in [-0.2, 0) is 0 Å². The van der Waals surface area contributed by atoms with E-state index in [1.165, 1.54) is 0 Å². The second-order valence-corrected chi connectivity index (χ2v) is 9.33. The third-order valence-electron chi connectivity index (χ3n) is 5.90. The van der Waals surface area contributed by atoms with Crippen LogP contribution in [0.2, 0.25) is 0 Å². The average Bonchev–Trinajstić information content (AvgIpc) is 3.03. The maximum absolute atomic E-state index is 9.26. The molecule has 0 aliphatic rings. The highest BCUT2D eigenvalue weighted by Gasteiger charge is 2.04. The van der Waals surface area contributed by atoms with Gasteiger partial charge in [-0.25, -0.2) is 0 Å². The van der Waals surface area contributed by atoms with Crippen LogP contribution in [0.15, 0.2) is 146 Å². The summed E-state index contributed by atoms with van der Waals surface area (Å²) < 4.78 is 22.8. The van der Waals surface area contributed by atoms with Crippen LogP contribution in [0.25, 0.3) is 0 Å². The molecular weight excluding hydrogens is 560 g/mol. The van der Waals surface area contributed by atoms with Crippen LogP contribution >= 0.6 is 0 Å². The summed E-state index contributed by atoms with van der Waals surface area (Å²) >= 11 is 0. The van der Waals surface area contributed by atoms with Gasteiger partial charge in [-0.1, -0.05) is 12.1 Å². The number of phenols is 4. The summed E-state index contributed by atoms with van der Waals surface area (Å²) in [6.07, 6.45) is 0. The van der Waals surface area contributed by atoms with E-state index in [0.29, 0.717) is 46.0 Å². The quantitative estimate of drug-likeness (QED) is 0.139. The lowest BCUT2D eigenvalue weighted by Crippen LogP contribution is -1.87. The summed E-state index contributed by atoms with van der Waals surface area (Å²) in [5.41, 5.74) is 0. The molecule has 0 aromatic heterocycles. The normalized spacial score (nSPS) is 10.2. The van der Waals surface area contributed by atoms with Crippen molar-refractivity contribution in [2.24, 2.45) is 0 Å². The van der Waals surface area contributed by atoms with Crippen molar-refractivity contribution >= 4 is 0 Å². The third kappa shape index (κ3) is 8.86. The molecule has 8 heteroatoms. The van der Waals surface area contributed by atoms with E-state index in [0.717, 1.165) is 0 Å². The van der Waals surface area contributed by atoms with Gasteiger partial charge in [0.25, 0.3) is 0 Å². The Balaban J connectivity index is 0.000000175. The molecule has 6 aromatic rings. The zero-order valence-corrected chi connectivity index (χ0v) is 23.3. The van der Waals surface area contributed by atoms with Crippen LogP contribution < -0.4 is 18.9 Å². The number of hydrogen-bond acceptors (Lipinski definition) is 8. The van der Waals surface area contributed by atoms with Crippen molar-refractivity contribution in [3.8, 4) is 69.0 Å². The van der Waals surface area contributed by atoms with Crippen LogP contribution in [-0.4, -0.2) is 20.4 Å². The molecule has 0 radical (unpaired) electrons. The Bertz CT molecular complexity index is 1510. The predicted octanol–water partition coefficient (Wildman–Crippen LogP) is 9.36. The van der Waals surface area contributed by atoms with Crippen molar-refractivity contribution in [2.45, 2.75) is 0 Å². The van der Waals surface area contributed by atoms with Gasteiger partial charge in [0.15, 0.2) is 0 Å². The molecule has 0 fully saturated rings. The molecule has 0 aliphatic carbocycles. The van der Waals surface area contributed by atoms with Gasteiger partial charge < -0.3 is 39.4 Å². The molecule has 220 valence electrons. The zero-order chi connectivity index (χ0) is 30.7. The minimum absolute atomic E-state index is 0.191. The lowest BCUT2D eigenvalue weighted by Gasteiger charge is -2.09. The van der Waals surface area contributed by atoms with Gasteiger partial charge in [0.05, 0.1) is 0 Å². The number of benzene rings is 6. The highest BCUT2D eigenvalue weighted by Crippen LogP contribution is 2.31. The Morgan fingerprint density at radius 2 is 0.455 bits per heavy atom. The van der Waals surface area contributed by atoms with Crippen molar-refractivity contribution in [1.29, 1.82) is 0 Å². The third-order valence-corrected chi connectivity index (χ3v) is 5.90. The monoisotopic (exact) mass is 588 g/mol. The van der Waals surface area contributed by atoms with Crippen molar-refractivity contribution in [3.05, 3.63) is 146 Å². The van der Waals surface area contributed by atoms with E-state index in [9.17, 15) is 20.4 Å². The van der Waals surface area contributed by atoms with Crippen LogP contribution in [0.1, 0.15) is 0 Å². The Morgan fingerprint density at radius 1 is 0.250 bits per heavy atom. The topological polar surface area (TPSA) is 118 Å². The smallest absolute Gasteiger partial charge is 0.131 e. The SMILES string of the molecule is Oc1ccc(Oc2cccc(Oc3ccc(O)cc3)c2)cc1.Oc1ccc(Oc2cccc(Oc3ccc(O)cc3)c2)cc1. The number of ether oxygens (including phenoxy) is 4. The second kappa shape index (κ2) is 14.1. The molecule has 0 amide bonds. The van der Waals surface area contributed by atoms with E-state index in [-0.39, 0.29) is 23.0 Å². The molecule has 8 nitrogen and oxygen atoms in total. The van der Waals surface area contributed by atoms with Crippen LogP contribution in [0.4, 0.5) is 0 Å². The summed E-state index contributed by atoms with van der Waals surface area (Å²) in [6, 6.07) is 40.4. The Hall–Kier alpha value is -6.28. The minimum atomic E-state index is 0.191. The first kappa shape index (κ1) is 29.2. The molecule has 6 rings (SSSR count). The maximum Gasteiger partial charge on any atom is 0.131 e. The number of phenolic OH excluding ortho intramolecular Hbond substituents is 4. The number of aromatic hydroxyl groups is 4. The van der Waals surface area contributed by atoms with Gasteiger partial charge >= 0.3 is 0 Å². The van der Waals surface area contributed by atoms with Crippen molar-refractivity contribution in [2.75, 3.05) is 0 Å². The predicted molar refractivity (Wildman–Crippen MR) is 166 cm³/mol. The standard InChI is InChI=1S/2C18H14O4/c2*19-13-4-8-15(9-5-13)21-17-2-1-3-18(12-17)22-16-10-6-14(20)7-11-16/h2*1-12,19-20H. The molecule has 0 unspecified atom stereocenters. The first-order chi connectivity index (χ1) is 21.4. The van der Waals surface area contributed by atoms with E-state index >= 15 is 0 Å². The van der Waals surface area contributed by atoms with E-state index in [4.69, 9.17) is 18.9 Å². The molecule has 6 aromatic carbocycles. The Morgan fingerprint density at radius 3 is 0.659 bits per heavy atom. The summed E-state index contributed by atoms with van der Waals surface area (Å²) in [5.74, 6) is 5.77. The molecular formula is C36H28O8. The molecule has 0 heterocycles. The molecule has 44 heavy (non-hydrogen) atoms. The number of rotatable bonds is 8. The highest BCUT2D eigenvalue weighted by molar-refractivity contribution is 5.42. The van der Waals surface area contributed by atoms with Gasteiger partial charge in [0.1, 0.15) is 69.0 Å². The summed E-state index contributed by atoms with van der Waals surface area (Å²) in [4.78, 5) is 0. The lowest BCUT2D eigenvalue weighted by molar-refractivity contribution is 0.452. The van der Waals surface area contributed by atoms with E-state index in [1.807, 2.05) is 36.4 Å². The molecule has 0 saturated heterocycles. The van der Waals surface area contributed by atoms with Crippen LogP contribution in [0.3, 0.4) is 0 Å². The van der Waals surface area contributed by atoms with Gasteiger partial charge in [0, 0.05) is 12.1 Å².